The van der Waals surface area contributed by atoms with Crippen LogP contribution in [0.3, 0.4) is 0 Å². The van der Waals surface area contributed by atoms with Crippen LogP contribution >= 0.6 is 0 Å². The first-order valence-corrected chi connectivity index (χ1v) is 7.14. The summed E-state index contributed by atoms with van der Waals surface area (Å²) in [5.74, 6) is 0.797. The highest BCUT2D eigenvalue weighted by molar-refractivity contribution is 5.92. The Balaban J connectivity index is 1.61. The number of amides is 1. The van der Waals surface area contributed by atoms with Gasteiger partial charge in [-0.15, -0.1) is 0 Å². The summed E-state index contributed by atoms with van der Waals surface area (Å²) < 4.78 is 0. The summed E-state index contributed by atoms with van der Waals surface area (Å²) in [5, 5.41) is 9.86. The van der Waals surface area contributed by atoms with Gasteiger partial charge in [-0.3, -0.25) is 4.79 Å². The maximum absolute atomic E-state index is 12.2. The number of nitrogens with two attached hydrogens (primary N) is 1. The topological polar surface area (TPSA) is 66.6 Å². The predicted molar refractivity (Wildman–Crippen MR) is 78.7 cm³/mol. The quantitative estimate of drug-likeness (QED) is 0.633. The van der Waals surface area contributed by atoms with E-state index in [4.69, 9.17) is 5.73 Å². The minimum absolute atomic E-state index is 0.0309. The summed E-state index contributed by atoms with van der Waals surface area (Å²) in [6.45, 7) is 1.48. The summed E-state index contributed by atoms with van der Waals surface area (Å²) in [5.41, 5.74) is 7.31. The van der Waals surface area contributed by atoms with E-state index in [0.717, 1.165) is 30.6 Å². The van der Waals surface area contributed by atoms with E-state index >= 15 is 0 Å². The third kappa shape index (κ3) is 2.56. The molecular formula is C16H20N2O2. The van der Waals surface area contributed by atoms with Crippen LogP contribution < -0.4 is 5.73 Å². The van der Waals surface area contributed by atoms with Gasteiger partial charge in [-0.05, 0) is 42.5 Å². The average molecular weight is 272 g/mol. The average Bonchev–Trinajstić information content (AvgIpc) is 3.01. The molecule has 20 heavy (non-hydrogen) atoms. The second-order valence-electron chi connectivity index (χ2n) is 5.81. The Morgan fingerprint density at radius 1 is 1.25 bits per heavy atom. The molecule has 3 rings (SSSR count). The SMILES string of the molecule is Nc1ccc(/C=C/C(=O)N2CC3CCC(O)C3C2)cc1. The third-order valence-corrected chi connectivity index (χ3v) is 4.49. The molecule has 1 aromatic rings. The van der Waals surface area contributed by atoms with Crippen LogP contribution in [0.25, 0.3) is 6.08 Å². The first kappa shape index (κ1) is 13.2. The van der Waals surface area contributed by atoms with Gasteiger partial charge in [0.05, 0.1) is 6.10 Å². The summed E-state index contributed by atoms with van der Waals surface area (Å²) in [4.78, 5) is 14.0. The molecule has 1 aliphatic heterocycles. The van der Waals surface area contributed by atoms with Crippen LogP contribution in [-0.2, 0) is 4.79 Å². The summed E-state index contributed by atoms with van der Waals surface area (Å²) in [6, 6.07) is 7.42. The van der Waals surface area contributed by atoms with E-state index in [9.17, 15) is 9.90 Å². The summed E-state index contributed by atoms with van der Waals surface area (Å²) in [7, 11) is 0. The van der Waals surface area contributed by atoms with E-state index < -0.39 is 0 Å². The van der Waals surface area contributed by atoms with Gasteiger partial charge >= 0.3 is 0 Å². The molecule has 1 amide bonds. The number of hydrogen-bond acceptors (Lipinski definition) is 3. The Kier molecular flexibility index (Phi) is 3.49. The lowest BCUT2D eigenvalue weighted by Gasteiger charge is -2.16. The summed E-state index contributed by atoms with van der Waals surface area (Å²) in [6.07, 6.45) is 5.13. The van der Waals surface area contributed by atoms with E-state index in [0.29, 0.717) is 12.5 Å². The van der Waals surface area contributed by atoms with Gasteiger partial charge in [-0.25, -0.2) is 0 Å². The fourth-order valence-electron chi connectivity index (χ4n) is 3.30. The largest absolute Gasteiger partial charge is 0.399 e. The number of nitrogen functional groups attached to an aromatic ring is 1. The third-order valence-electron chi connectivity index (χ3n) is 4.49. The highest BCUT2D eigenvalue weighted by Crippen LogP contribution is 2.38. The molecule has 3 atom stereocenters. The highest BCUT2D eigenvalue weighted by Gasteiger charge is 2.42. The van der Waals surface area contributed by atoms with E-state index in [1.807, 2.05) is 35.2 Å². The fraction of sp³-hybridized carbons (Fsp3) is 0.438. The van der Waals surface area contributed by atoms with Crippen molar-refractivity contribution in [1.82, 2.24) is 4.90 Å². The van der Waals surface area contributed by atoms with Gasteiger partial charge in [-0.2, -0.15) is 0 Å². The molecule has 2 aliphatic rings. The van der Waals surface area contributed by atoms with Crippen molar-refractivity contribution in [2.75, 3.05) is 18.8 Å². The minimum atomic E-state index is -0.223. The van der Waals surface area contributed by atoms with Gasteiger partial charge in [0.15, 0.2) is 0 Å². The molecule has 0 aromatic heterocycles. The maximum Gasteiger partial charge on any atom is 0.246 e. The van der Waals surface area contributed by atoms with Crippen molar-refractivity contribution in [3.05, 3.63) is 35.9 Å². The van der Waals surface area contributed by atoms with Gasteiger partial charge in [0.2, 0.25) is 5.91 Å². The Hall–Kier alpha value is -1.81. The Morgan fingerprint density at radius 3 is 2.70 bits per heavy atom. The Labute approximate surface area is 118 Å². The van der Waals surface area contributed by atoms with Crippen molar-refractivity contribution in [3.63, 3.8) is 0 Å². The van der Waals surface area contributed by atoms with Crippen molar-refractivity contribution in [2.45, 2.75) is 18.9 Å². The molecule has 3 N–H and O–H groups in total. The van der Waals surface area contributed by atoms with Gasteiger partial charge in [0, 0.05) is 30.8 Å². The number of anilines is 1. The number of fused-ring (bicyclic) bond motifs is 1. The molecule has 2 fully saturated rings. The second-order valence-corrected chi connectivity index (χ2v) is 5.81. The van der Waals surface area contributed by atoms with Crippen LogP contribution in [0.2, 0.25) is 0 Å². The number of aliphatic hydroxyl groups excluding tert-OH is 1. The minimum Gasteiger partial charge on any atom is -0.399 e. The van der Waals surface area contributed by atoms with Gasteiger partial charge < -0.3 is 15.7 Å². The number of rotatable bonds is 2. The number of carbonyl (C=O) groups is 1. The summed E-state index contributed by atoms with van der Waals surface area (Å²) >= 11 is 0. The second kappa shape index (κ2) is 5.29. The number of hydrogen-bond donors (Lipinski definition) is 2. The predicted octanol–water partition coefficient (Wildman–Crippen LogP) is 1.51. The molecular weight excluding hydrogens is 252 g/mol. The molecule has 4 heteroatoms. The van der Waals surface area contributed by atoms with Crippen molar-refractivity contribution in [2.24, 2.45) is 11.8 Å². The number of aliphatic hydroxyl groups is 1. The maximum atomic E-state index is 12.2. The first-order valence-electron chi connectivity index (χ1n) is 7.14. The highest BCUT2D eigenvalue weighted by atomic mass is 16.3. The van der Waals surface area contributed by atoms with E-state index in [-0.39, 0.29) is 17.9 Å². The van der Waals surface area contributed by atoms with Crippen LogP contribution in [-0.4, -0.2) is 35.1 Å². The van der Waals surface area contributed by atoms with Gasteiger partial charge in [0.25, 0.3) is 0 Å². The van der Waals surface area contributed by atoms with Crippen LogP contribution in [0.5, 0.6) is 0 Å². The Morgan fingerprint density at radius 2 is 2.00 bits per heavy atom. The van der Waals surface area contributed by atoms with E-state index in [2.05, 4.69) is 0 Å². The van der Waals surface area contributed by atoms with Crippen LogP contribution in [0.15, 0.2) is 30.3 Å². The lowest BCUT2D eigenvalue weighted by Crippen LogP contribution is -2.29. The molecule has 1 saturated carbocycles. The zero-order valence-electron chi connectivity index (χ0n) is 11.4. The molecule has 1 aliphatic carbocycles. The standard InChI is InChI=1S/C16H20N2O2/c17-13-5-1-11(2-6-13)3-8-16(20)18-9-12-4-7-15(19)14(12)10-18/h1-3,5-6,8,12,14-15,19H,4,7,9-10,17H2/b8-3+. The lowest BCUT2D eigenvalue weighted by atomic mass is 10.00. The van der Waals surface area contributed by atoms with E-state index in [1.54, 1.807) is 6.08 Å². The smallest absolute Gasteiger partial charge is 0.246 e. The van der Waals surface area contributed by atoms with E-state index in [1.165, 1.54) is 0 Å². The lowest BCUT2D eigenvalue weighted by molar-refractivity contribution is -0.125. The van der Waals surface area contributed by atoms with Crippen molar-refractivity contribution < 1.29 is 9.90 Å². The first-order chi connectivity index (χ1) is 9.63. The number of carbonyl (C=O) groups excluding carboxylic acids is 1. The molecule has 0 spiro atoms. The van der Waals surface area contributed by atoms with Gasteiger partial charge in [0.1, 0.15) is 0 Å². The van der Waals surface area contributed by atoms with Crippen LogP contribution in [0, 0.1) is 11.8 Å². The number of benzene rings is 1. The molecule has 1 aromatic carbocycles. The van der Waals surface area contributed by atoms with Crippen molar-refractivity contribution in [3.8, 4) is 0 Å². The monoisotopic (exact) mass is 272 g/mol. The molecule has 1 saturated heterocycles. The number of nitrogens with zero attached hydrogens (tertiary/aromatic N) is 1. The van der Waals surface area contributed by atoms with Gasteiger partial charge in [-0.1, -0.05) is 12.1 Å². The number of likely N-dealkylation sites (tertiary alicyclic amines) is 1. The molecule has 0 radical (unpaired) electrons. The molecule has 0 bridgehead atoms. The molecule has 106 valence electrons. The molecule has 1 heterocycles. The Bertz CT molecular complexity index is 524. The molecule has 3 unspecified atom stereocenters. The zero-order valence-corrected chi connectivity index (χ0v) is 11.4. The van der Waals surface area contributed by atoms with Crippen LogP contribution in [0.1, 0.15) is 18.4 Å². The molecule has 4 nitrogen and oxygen atoms in total. The fourth-order valence-corrected chi connectivity index (χ4v) is 3.30. The van der Waals surface area contributed by atoms with Crippen molar-refractivity contribution in [1.29, 1.82) is 0 Å². The normalized spacial score (nSPS) is 29.1. The van der Waals surface area contributed by atoms with Crippen molar-refractivity contribution >= 4 is 17.7 Å². The van der Waals surface area contributed by atoms with Crippen LogP contribution in [0.4, 0.5) is 5.69 Å². The zero-order chi connectivity index (χ0) is 14.1.